The van der Waals surface area contributed by atoms with Gasteiger partial charge in [0.25, 0.3) is 0 Å². The summed E-state index contributed by atoms with van der Waals surface area (Å²) >= 11 is 0. The van der Waals surface area contributed by atoms with E-state index in [2.05, 4.69) is 10.6 Å². The van der Waals surface area contributed by atoms with Crippen LogP contribution in [0.4, 0.5) is 0 Å². The van der Waals surface area contributed by atoms with Crippen LogP contribution in [-0.2, 0) is 20.8 Å². The van der Waals surface area contributed by atoms with Crippen molar-refractivity contribution in [3.05, 3.63) is 48.0 Å². The van der Waals surface area contributed by atoms with Crippen molar-refractivity contribution in [1.82, 2.24) is 15.5 Å². The van der Waals surface area contributed by atoms with Gasteiger partial charge < -0.3 is 26.4 Å². The lowest BCUT2D eigenvalue weighted by molar-refractivity contribution is -0.145. The summed E-state index contributed by atoms with van der Waals surface area (Å²) in [7, 11) is 0. The van der Waals surface area contributed by atoms with Crippen molar-refractivity contribution in [1.29, 1.82) is 0 Å². The molecule has 1 heterocycles. The highest BCUT2D eigenvalue weighted by atomic mass is 16.3. The Labute approximate surface area is 213 Å². The lowest BCUT2D eigenvalue weighted by Gasteiger charge is -2.31. The topological polar surface area (TPSA) is 125 Å². The molecular formula is C28H40N4O4. The highest BCUT2D eigenvalue weighted by Crippen LogP contribution is 2.26. The Kier molecular flexibility index (Phi) is 8.41. The molecule has 8 heteroatoms. The van der Waals surface area contributed by atoms with Crippen LogP contribution in [0.25, 0.3) is 10.8 Å². The molecule has 0 radical (unpaired) electrons. The van der Waals surface area contributed by atoms with Crippen molar-refractivity contribution in [3.8, 4) is 0 Å². The molecule has 196 valence electrons. The van der Waals surface area contributed by atoms with E-state index in [0.717, 1.165) is 22.8 Å². The Bertz CT molecular complexity index is 1100. The van der Waals surface area contributed by atoms with E-state index in [1.54, 1.807) is 18.7 Å². The summed E-state index contributed by atoms with van der Waals surface area (Å²) in [6.07, 6.45) is 0.607. The number of likely N-dealkylation sites (tertiary alicyclic amines) is 1. The van der Waals surface area contributed by atoms with Crippen molar-refractivity contribution in [2.45, 2.75) is 77.6 Å². The smallest absolute Gasteiger partial charge is 0.243 e. The second kappa shape index (κ2) is 11.0. The second-order valence-corrected chi connectivity index (χ2v) is 11.4. The highest BCUT2D eigenvalue weighted by molar-refractivity contribution is 5.93. The number of hydrogen-bond acceptors (Lipinski definition) is 5. The summed E-state index contributed by atoms with van der Waals surface area (Å²) in [5.74, 6) is -0.832. The number of hydrogen-bond donors (Lipinski definition) is 4. The zero-order valence-electron chi connectivity index (χ0n) is 22.0. The fraction of sp³-hybridized carbons (Fsp3) is 0.536. The van der Waals surface area contributed by atoms with E-state index in [0.29, 0.717) is 13.0 Å². The summed E-state index contributed by atoms with van der Waals surface area (Å²) in [6, 6.07) is 12.4. The average molecular weight is 497 g/mol. The maximum atomic E-state index is 13.3. The van der Waals surface area contributed by atoms with Gasteiger partial charge in [0.2, 0.25) is 17.7 Å². The summed E-state index contributed by atoms with van der Waals surface area (Å²) in [4.78, 5) is 41.1. The van der Waals surface area contributed by atoms with Crippen molar-refractivity contribution >= 4 is 28.5 Å². The second-order valence-electron chi connectivity index (χ2n) is 11.4. The molecule has 0 aromatic heterocycles. The molecule has 0 saturated carbocycles. The predicted molar refractivity (Wildman–Crippen MR) is 141 cm³/mol. The first-order valence-electron chi connectivity index (χ1n) is 12.6. The lowest BCUT2D eigenvalue weighted by atomic mass is 9.94. The number of nitrogens with zero attached hydrogens (tertiary/aromatic N) is 1. The molecule has 2 aromatic carbocycles. The Balaban J connectivity index is 1.80. The number of rotatable bonds is 8. The van der Waals surface area contributed by atoms with Crippen molar-refractivity contribution in [2.24, 2.45) is 11.1 Å². The molecule has 1 fully saturated rings. The van der Waals surface area contributed by atoms with Crippen molar-refractivity contribution < 1.29 is 19.5 Å². The van der Waals surface area contributed by atoms with Gasteiger partial charge in [-0.05, 0) is 43.0 Å². The first-order chi connectivity index (χ1) is 16.8. The normalized spacial score (nSPS) is 18.1. The van der Waals surface area contributed by atoms with E-state index in [1.165, 1.54) is 0 Å². The van der Waals surface area contributed by atoms with Gasteiger partial charge in [-0.2, -0.15) is 0 Å². The number of carbonyl (C=O) groups excluding carboxylic acids is 3. The van der Waals surface area contributed by atoms with Gasteiger partial charge in [-0.1, -0.05) is 63.2 Å². The number of aliphatic hydroxyl groups excluding tert-OH is 1. The molecule has 1 saturated heterocycles. The fourth-order valence-electron chi connectivity index (χ4n) is 4.38. The summed E-state index contributed by atoms with van der Waals surface area (Å²) in [6.45, 7) is 9.35. The predicted octanol–water partition coefficient (Wildman–Crippen LogP) is 2.12. The minimum absolute atomic E-state index is 0.0372. The molecule has 0 aliphatic carbocycles. The number of aliphatic hydroxyl groups is 1. The van der Waals surface area contributed by atoms with Gasteiger partial charge in [0.15, 0.2) is 0 Å². The van der Waals surface area contributed by atoms with Crippen LogP contribution in [0, 0.1) is 5.41 Å². The molecule has 0 spiro atoms. The van der Waals surface area contributed by atoms with Gasteiger partial charge in [-0.3, -0.25) is 14.4 Å². The van der Waals surface area contributed by atoms with E-state index >= 15 is 0 Å². The Morgan fingerprint density at radius 1 is 1.08 bits per heavy atom. The molecule has 2 aromatic rings. The molecule has 3 unspecified atom stereocenters. The van der Waals surface area contributed by atoms with Gasteiger partial charge in [0, 0.05) is 30.5 Å². The zero-order valence-corrected chi connectivity index (χ0v) is 22.0. The van der Waals surface area contributed by atoms with Gasteiger partial charge >= 0.3 is 0 Å². The maximum absolute atomic E-state index is 13.3. The quantitative estimate of drug-likeness (QED) is 0.446. The molecule has 8 nitrogen and oxygen atoms in total. The largest absolute Gasteiger partial charge is 0.389 e. The van der Waals surface area contributed by atoms with Crippen LogP contribution in [0.5, 0.6) is 0 Å². The fourth-order valence-corrected chi connectivity index (χ4v) is 4.38. The molecular weight excluding hydrogens is 456 g/mol. The number of nitrogens with one attached hydrogen (secondary N) is 2. The van der Waals surface area contributed by atoms with Crippen molar-refractivity contribution in [3.63, 3.8) is 0 Å². The first-order valence-corrected chi connectivity index (χ1v) is 12.6. The van der Waals surface area contributed by atoms with Crippen LogP contribution in [0.15, 0.2) is 42.5 Å². The number of nitrogens with two attached hydrogens (primary N) is 1. The molecule has 3 rings (SSSR count). The first kappa shape index (κ1) is 27.6. The van der Waals surface area contributed by atoms with Gasteiger partial charge in [0.1, 0.15) is 12.1 Å². The average Bonchev–Trinajstić information content (AvgIpc) is 3.30. The van der Waals surface area contributed by atoms with E-state index in [4.69, 9.17) is 5.73 Å². The molecule has 1 aliphatic rings. The lowest BCUT2D eigenvalue weighted by Crippen LogP contribution is -2.57. The summed E-state index contributed by atoms with van der Waals surface area (Å²) < 4.78 is 0. The Morgan fingerprint density at radius 3 is 2.39 bits per heavy atom. The van der Waals surface area contributed by atoms with Crippen LogP contribution in [-0.4, -0.2) is 64.5 Å². The SMILES string of the molecule is CC(C)(C)C(=O)N1CCCC1C(=O)NC(Cc1ccc2ccccc2c1)C(=O)NCC(O)C(C)(C)N. The highest BCUT2D eigenvalue weighted by Gasteiger charge is 2.39. The van der Waals surface area contributed by atoms with Gasteiger partial charge in [0.05, 0.1) is 6.10 Å². The van der Waals surface area contributed by atoms with Crippen LogP contribution >= 0.6 is 0 Å². The third kappa shape index (κ3) is 6.83. The summed E-state index contributed by atoms with van der Waals surface area (Å²) in [5, 5.41) is 18.0. The molecule has 0 bridgehead atoms. The van der Waals surface area contributed by atoms with E-state index in [-0.39, 0.29) is 24.8 Å². The number of carbonyl (C=O) groups is 3. The van der Waals surface area contributed by atoms with E-state index in [1.807, 2.05) is 63.2 Å². The number of fused-ring (bicyclic) bond motifs is 1. The Hall–Kier alpha value is -2.97. The zero-order chi connectivity index (χ0) is 26.7. The third-order valence-electron chi connectivity index (χ3n) is 6.67. The van der Waals surface area contributed by atoms with Gasteiger partial charge in [-0.15, -0.1) is 0 Å². The standard InChI is InChI=1S/C28H40N4O4/c1-27(2,3)26(36)32-14-8-11-22(32)25(35)31-21(24(34)30-17-23(33)28(4,5)29)16-18-12-13-19-9-6-7-10-20(19)15-18/h6-7,9-10,12-13,15,21-23,33H,8,11,14,16-17,29H2,1-5H3,(H,30,34)(H,31,35). The minimum atomic E-state index is -0.951. The van der Waals surface area contributed by atoms with E-state index < -0.39 is 35.0 Å². The van der Waals surface area contributed by atoms with Crippen LogP contribution in [0.2, 0.25) is 0 Å². The van der Waals surface area contributed by atoms with Crippen LogP contribution in [0.1, 0.15) is 53.0 Å². The summed E-state index contributed by atoms with van der Waals surface area (Å²) in [5.41, 5.74) is 5.35. The van der Waals surface area contributed by atoms with Crippen LogP contribution in [0.3, 0.4) is 0 Å². The molecule has 3 atom stereocenters. The maximum Gasteiger partial charge on any atom is 0.243 e. The monoisotopic (exact) mass is 496 g/mol. The van der Waals surface area contributed by atoms with Crippen molar-refractivity contribution in [2.75, 3.05) is 13.1 Å². The third-order valence-corrected chi connectivity index (χ3v) is 6.67. The number of amides is 3. The minimum Gasteiger partial charge on any atom is -0.389 e. The molecule has 5 N–H and O–H groups in total. The van der Waals surface area contributed by atoms with Crippen LogP contribution < -0.4 is 16.4 Å². The molecule has 3 amide bonds. The molecule has 36 heavy (non-hydrogen) atoms. The Morgan fingerprint density at radius 2 is 1.75 bits per heavy atom. The number of benzene rings is 2. The van der Waals surface area contributed by atoms with Gasteiger partial charge in [-0.25, -0.2) is 0 Å². The van der Waals surface area contributed by atoms with E-state index in [9.17, 15) is 19.5 Å². The molecule has 1 aliphatic heterocycles.